The number of hydrogen-bond donors (Lipinski definition) is 4. The van der Waals surface area contributed by atoms with Gasteiger partial charge in [-0.25, -0.2) is 8.78 Å². The second-order valence-electron chi connectivity index (χ2n) is 9.60. The number of carbonyl (C=O) groups is 3. The number of phenols is 1. The second-order valence-corrected chi connectivity index (χ2v) is 9.60. The number of nitrogens with one attached hydrogen (secondary N) is 2. The third-order valence-electron chi connectivity index (χ3n) is 6.63. The number of rotatable bonds is 11. The van der Waals surface area contributed by atoms with Crippen LogP contribution in [0.2, 0.25) is 0 Å². The molecular weight excluding hydrogens is 534 g/mol. The van der Waals surface area contributed by atoms with Gasteiger partial charge in [0.1, 0.15) is 23.4 Å². The highest BCUT2D eigenvalue weighted by atomic mass is 19.1. The van der Waals surface area contributed by atoms with Crippen molar-refractivity contribution in [3.05, 3.63) is 88.0 Å². The molecule has 3 rings (SSSR count). The zero-order chi connectivity index (χ0) is 30.3. The van der Waals surface area contributed by atoms with Crippen LogP contribution in [-0.4, -0.2) is 34.6 Å². The van der Waals surface area contributed by atoms with E-state index in [1.807, 2.05) is 0 Å². The first-order valence-electron chi connectivity index (χ1n) is 13.2. The monoisotopic (exact) mass is 568 g/mol. The number of carbonyl (C=O) groups excluding carboxylic acids is 3. The fourth-order valence-corrected chi connectivity index (χ4v) is 4.56. The number of ether oxygens (including phenoxy) is 1. The Morgan fingerprint density at radius 1 is 0.951 bits per heavy atom. The van der Waals surface area contributed by atoms with Crippen LogP contribution in [0.1, 0.15) is 66.6 Å². The Bertz CT molecular complexity index is 1420. The van der Waals surface area contributed by atoms with E-state index in [1.165, 1.54) is 31.2 Å². The van der Waals surface area contributed by atoms with Gasteiger partial charge >= 0.3 is 5.97 Å². The smallest absolute Gasteiger partial charge is 0.308 e. The molecule has 3 aromatic carbocycles. The van der Waals surface area contributed by atoms with E-state index in [2.05, 4.69) is 10.6 Å². The fraction of sp³-hybridized carbons (Fsp3) is 0.323. The molecule has 0 aromatic heterocycles. The molecule has 0 bridgehead atoms. The minimum Gasteiger partial charge on any atom is -0.507 e. The van der Waals surface area contributed by atoms with Crippen molar-refractivity contribution in [3.8, 4) is 16.9 Å². The van der Waals surface area contributed by atoms with E-state index in [0.29, 0.717) is 16.7 Å². The highest BCUT2D eigenvalue weighted by molar-refractivity contribution is 5.89. The number of aryl methyl sites for hydroxylation is 2. The van der Waals surface area contributed by atoms with Gasteiger partial charge in [0, 0.05) is 23.1 Å². The Hall–Kier alpha value is -4.31. The zero-order valence-electron chi connectivity index (χ0n) is 23.4. The molecule has 0 heterocycles. The summed E-state index contributed by atoms with van der Waals surface area (Å²) in [5.41, 5.74) is 1.86. The summed E-state index contributed by atoms with van der Waals surface area (Å²) < 4.78 is 35.6. The average Bonchev–Trinajstić information content (AvgIpc) is 2.93. The maximum absolute atomic E-state index is 15.7. The van der Waals surface area contributed by atoms with Crippen LogP contribution >= 0.6 is 0 Å². The number of esters is 1. The third-order valence-corrected chi connectivity index (χ3v) is 6.63. The van der Waals surface area contributed by atoms with Gasteiger partial charge in [-0.2, -0.15) is 0 Å². The predicted molar refractivity (Wildman–Crippen MR) is 149 cm³/mol. The normalized spacial score (nSPS) is 12.4. The van der Waals surface area contributed by atoms with Crippen molar-refractivity contribution in [1.82, 2.24) is 10.6 Å². The van der Waals surface area contributed by atoms with Crippen LogP contribution in [0, 0.1) is 25.5 Å². The Balaban J connectivity index is 2.13. The van der Waals surface area contributed by atoms with Crippen LogP contribution in [0.15, 0.2) is 48.5 Å². The molecule has 0 saturated heterocycles. The number of aliphatic hydroxyl groups is 1. The largest absolute Gasteiger partial charge is 0.507 e. The van der Waals surface area contributed by atoms with Crippen LogP contribution in [0.4, 0.5) is 8.78 Å². The van der Waals surface area contributed by atoms with Crippen LogP contribution in [-0.2, 0) is 25.7 Å². The molecule has 41 heavy (non-hydrogen) atoms. The molecule has 0 aliphatic rings. The van der Waals surface area contributed by atoms with Gasteiger partial charge in [-0.1, -0.05) is 25.1 Å². The molecule has 1 unspecified atom stereocenters. The molecule has 0 aliphatic carbocycles. The van der Waals surface area contributed by atoms with Gasteiger partial charge in [0.05, 0.1) is 25.7 Å². The van der Waals surface area contributed by atoms with Crippen molar-refractivity contribution in [2.75, 3.05) is 6.61 Å². The Morgan fingerprint density at radius 2 is 1.68 bits per heavy atom. The lowest BCUT2D eigenvalue weighted by atomic mass is 9.92. The number of aliphatic hydroxyl groups excluding tert-OH is 1. The van der Waals surface area contributed by atoms with E-state index in [9.17, 15) is 29.0 Å². The number of hydrogen-bond acceptors (Lipinski definition) is 6. The molecule has 0 aliphatic heterocycles. The molecular formula is C31H34F2N2O6. The molecule has 2 amide bonds. The van der Waals surface area contributed by atoms with E-state index in [-0.39, 0.29) is 35.5 Å². The van der Waals surface area contributed by atoms with Crippen LogP contribution in [0.3, 0.4) is 0 Å². The van der Waals surface area contributed by atoms with Crippen molar-refractivity contribution >= 4 is 17.8 Å². The molecule has 8 nitrogen and oxygen atoms in total. The van der Waals surface area contributed by atoms with E-state index in [1.54, 1.807) is 39.0 Å². The van der Waals surface area contributed by atoms with Crippen molar-refractivity contribution in [3.63, 3.8) is 0 Å². The van der Waals surface area contributed by atoms with Crippen molar-refractivity contribution in [2.24, 2.45) is 0 Å². The summed E-state index contributed by atoms with van der Waals surface area (Å²) in [6.45, 7) is 6.07. The SMILES string of the molecule is CCOC(=O)C[C@H](NC(=O)C(NC(=O)CC)c1cc(CO)ccc1F)c1cc(-c2c(C)cccc2O)cc(C)c1F. The van der Waals surface area contributed by atoms with Gasteiger partial charge in [0.2, 0.25) is 11.8 Å². The van der Waals surface area contributed by atoms with Gasteiger partial charge in [0.25, 0.3) is 0 Å². The summed E-state index contributed by atoms with van der Waals surface area (Å²) in [6.07, 6.45) is -0.472. The quantitative estimate of drug-likeness (QED) is 0.246. The first-order valence-corrected chi connectivity index (χ1v) is 13.2. The summed E-state index contributed by atoms with van der Waals surface area (Å²) >= 11 is 0. The molecule has 0 radical (unpaired) electrons. The van der Waals surface area contributed by atoms with Crippen LogP contribution in [0.5, 0.6) is 5.75 Å². The maximum Gasteiger partial charge on any atom is 0.308 e. The first-order chi connectivity index (χ1) is 19.5. The summed E-state index contributed by atoms with van der Waals surface area (Å²) in [5.74, 6) is -3.72. The number of benzene rings is 3. The molecule has 0 fully saturated rings. The lowest BCUT2D eigenvalue weighted by Crippen LogP contribution is -2.42. The summed E-state index contributed by atoms with van der Waals surface area (Å²) in [5, 5.41) is 25.2. The minimum absolute atomic E-state index is 0.00681. The number of aromatic hydroxyl groups is 1. The van der Waals surface area contributed by atoms with Gasteiger partial charge in [-0.3, -0.25) is 14.4 Å². The van der Waals surface area contributed by atoms with Gasteiger partial charge < -0.3 is 25.6 Å². The standard InChI is InChI=1S/C31H34F2N2O6/c1-5-26(38)35-30(21-13-19(16-36)10-11-23(21)32)31(40)34-24(15-27(39)41-6-2)22-14-20(12-18(4)29(22)33)28-17(3)8-7-9-25(28)37/h7-14,24,30,36-37H,5-6,15-16H2,1-4H3,(H,34,40)(H,35,38)/t24-,30?/m0/s1. The van der Waals surface area contributed by atoms with Crippen LogP contribution < -0.4 is 10.6 Å². The number of amides is 2. The molecule has 2 atom stereocenters. The first kappa shape index (κ1) is 31.2. The Labute approximate surface area is 237 Å². The van der Waals surface area contributed by atoms with E-state index in [4.69, 9.17) is 4.74 Å². The second kappa shape index (κ2) is 13.8. The van der Waals surface area contributed by atoms with Crippen LogP contribution in [0.25, 0.3) is 11.1 Å². The fourth-order valence-electron chi connectivity index (χ4n) is 4.56. The lowest BCUT2D eigenvalue weighted by molar-refractivity contribution is -0.144. The van der Waals surface area contributed by atoms with Crippen molar-refractivity contribution in [1.29, 1.82) is 0 Å². The Morgan fingerprint density at radius 3 is 2.32 bits per heavy atom. The summed E-state index contributed by atoms with van der Waals surface area (Å²) in [7, 11) is 0. The number of halogens is 2. The van der Waals surface area contributed by atoms with Gasteiger partial charge in [-0.05, 0) is 73.4 Å². The predicted octanol–water partition coefficient (Wildman–Crippen LogP) is 4.82. The van der Waals surface area contributed by atoms with Gasteiger partial charge in [-0.15, -0.1) is 0 Å². The summed E-state index contributed by atoms with van der Waals surface area (Å²) in [4.78, 5) is 38.6. The Kier molecular flexibility index (Phi) is 10.5. The lowest BCUT2D eigenvalue weighted by Gasteiger charge is -2.25. The highest BCUT2D eigenvalue weighted by Crippen LogP contribution is 2.36. The third kappa shape index (κ3) is 7.46. The van der Waals surface area contributed by atoms with E-state index in [0.717, 1.165) is 11.6 Å². The molecule has 3 aromatic rings. The molecule has 0 saturated carbocycles. The molecule has 218 valence electrons. The zero-order valence-corrected chi connectivity index (χ0v) is 23.4. The van der Waals surface area contributed by atoms with Gasteiger partial charge in [0.15, 0.2) is 0 Å². The molecule has 10 heteroatoms. The van der Waals surface area contributed by atoms with E-state index >= 15 is 4.39 Å². The van der Waals surface area contributed by atoms with E-state index < -0.39 is 54.5 Å². The summed E-state index contributed by atoms with van der Waals surface area (Å²) in [6, 6.07) is 8.75. The average molecular weight is 569 g/mol. The molecule has 0 spiro atoms. The highest BCUT2D eigenvalue weighted by Gasteiger charge is 2.31. The molecule has 4 N–H and O–H groups in total. The maximum atomic E-state index is 15.7. The number of phenolic OH excluding ortho intramolecular Hbond substituents is 1. The topological polar surface area (TPSA) is 125 Å². The van der Waals surface area contributed by atoms with Crippen molar-refractivity contribution < 1.29 is 38.1 Å². The minimum atomic E-state index is -1.55. The van der Waals surface area contributed by atoms with Crippen molar-refractivity contribution in [2.45, 2.75) is 59.2 Å².